The van der Waals surface area contributed by atoms with Gasteiger partial charge >= 0.3 is 11.9 Å². The van der Waals surface area contributed by atoms with Crippen molar-refractivity contribution in [2.45, 2.75) is 335 Å². The molecule has 410 valence electrons. The minimum atomic E-state index is -0.539. The number of hydrogen-bond donors (Lipinski definition) is 0. The van der Waals surface area contributed by atoms with Gasteiger partial charge in [-0.1, -0.05) is 281 Å². The van der Waals surface area contributed by atoms with E-state index in [1.54, 1.807) is 0 Å². The molecule has 0 saturated carbocycles. The Morgan fingerprint density at radius 3 is 0.971 bits per heavy atom. The van der Waals surface area contributed by atoms with Gasteiger partial charge in [-0.05, 0) is 83.5 Å². The highest BCUT2D eigenvalue weighted by atomic mass is 16.6. The molecule has 5 heteroatoms. The first-order chi connectivity index (χ1) is 34.6. The molecule has 0 N–H and O–H groups in total. The van der Waals surface area contributed by atoms with Gasteiger partial charge in [0.25, 0.3) is 0 Å². The smallest absolute Gasteiger partial charge is 0.306 e. The van der Waals surface area contributed by atoms with E-state index in [1.165, 1.54) is 238 Å². The fourth-order valence-corrected chi connectivity index (χ4v) is 9.16. The van der Waals surface area contributed by atoms with Crippen LogP contribution in [0.1, 0.15) is 329 Å². The minimum absolute atomic E-state index is 0.0842. The maximum atomic E-state index is 12.9. The van der Waals surface area contributed by atoms with Crippen molar-refractivity contribution in [2.75, 3.05) is 19.8 Å². The van der Waals surface area contributed by atoms with Crippen LogP contribution in [0, 0.1) is 0 Å². The molecule has 0 aliphatic heterocycles. The molecule has 0 bridgehead atoms. The molecule has 0 radical (unpaired) electrons. The second-order valence-corrected chi connectivity index (χ2v) is 21.0. The van der Waals surface area contributed by atoms with Gasteiger partial charge < -0.3 is 14.2 Å². The van der Waals surface area contributed by atoms with Gasteiger partial charge in [-0.2, -0.15) is 0 Å². The van der Waals surface area contributed by atoms with Gasteiger partial charge in [0.2, 0.25) is 0 Å². The fourth-order valence-electron chi connectivity index (χ4n) is 9.16. The highest BCUT2D eigenvalue weighted by Gasteiger charge is 2.18. The van der Waals surface area contributed by atoms with E-state index in [1.807, 2.05) is 0 Å². The molecule has 5 nitrogen and oxygen atoms in total. The van der Waals surface area contributed by atoms with E-state index in [2.05, 4.69) is 69.4 Å². The number of rotatable bonds is 58. The van der Waals surface area contributed by atoms with E-state index in [-0.39, 0.29) is 25.2 Å². The number of unbranched alkanes of at least 4 members (excludes halogenated alkanes) is 39. The van der Waals surface area contributed by atoms with Gasteiger partial charge in [-0.3, -0.25) is 9.59 Å². The third kappa shape index (κ3) is 58.4. The normalized spacial score (nSPS) is 12.4. The third-order valence-electron chi connectivity index (χ3n) is 13.8. The lowest BCUT2D eigenvalue weighted by atomic mass is 10.0. The van der Waals surface area contributed by atoms with E-state index >= 15 is 0 Å². The molecule has 0 heterocycles. The predicted molar refractivity (Wildman–Crippen MR) is 307 cm³/mol. The van der Waals surface area contributed by atoms with E-state index in [0.717, 1.165) is 57.8 Å². The average Bonchev–Trinajstić information content (AvgIpc) is 3.36. The van der Waals surface area contributed by atoms with Crippen molar-refractivity contribution >= 4 is 11.9 Å². The second kappa shape index (κ2) is 61.2. The first-order valence-corrected chi connectivity index (χ1v) is 31.2. The molecule has 0 amide bonds. The SMILES string of the molecule is CCCCC/C=C\C/C=C\CCCCCCCCCCCCOCC(COC(=O)CCCCCCCCC/C=C\C/C=C\CCCCC)OC(=O)CCCCCCCCCCCCCCCCCCC. The van der Waals surface area contributed by atoms with E-state index in [9.17, 15) is 9.59 Å². The summed E-state index contributed by atoms with van der Waals surface area (Å²) in [6.45, 7) is 7.83. The Balaban J connectivity index is 4.25. The standard InChI is InChI=1S/C65H120O5/c1-4-7-10-13-16-19-22-25-28-31-32-33-36-39-42-45-48-51-54-57-60-68-61-63(70-65(67)59-56-53-50-47-44-41-38-35-30-27-24-21-18-15-12-9-6-3)62-69-64(66)58-55-52-49-46-43-40-37-34-29-26-23-20-17-14-11-8-5-2/h16-17,19-20,25-26,28-29,63H,4-15,18,21-24,27,30-62H2,1-3H3/b19-16-,20-17-,28-25-,29-26-. The van der Waals surface area contributed by atoms with Crippen LogP contribution in [0.3, 0.4) is 0 Å². The molecule has 0 aromatic heterocycles. The van der Waals surface area contributed by atoms with Crippen molar-refractivity contribution in [1.29, 1.82) is 0 Å². The number of hydrogen-bond acceptors (Lipinski definition) is 5. The number of carbonyl (C=O) groups excluding carboxylic acids is 2. The first-order valence-electron chi connectivity index (χ1n) is 31.2. The molecule has 70 heavy (non-hydrogen) atoms. The first kappa shape index (κ1) is 67.9. The molecular weight excluding hydrogens is 861 g/mol. The Morgan fingerprint density at radius 1 is 0.314 bits per heavy atom. The van der Waals surface area contributed by atoms with Crippen molar-refractivity contribution < 1.29 is 23.8 Å². The van der Waals surface area contributed by atoms with Gasteiger partial charge in [0.05, 0.1) is 6.61 Å². The molecular formula is C65H120O5. The fraction of sp³-hybridized carbons (Fsp3) is 0.846. The van der Waals surface area contributed by atoms with Gasteiger partial charge in [0.15, 0.2) is 6.10 Å². The van der Waals surface area contributed by atoms with Crippen molar-refractivity contribution in [3.8, 4) is 0 Å². The van der Waals surface area contributed by atoms with E-state index < -0.39 is 6.10 Å². The van der Waals surface area contributed by atoms with Crippen molar-refractivity contribution in [3.63, 3.8) is 0 Å². The maximum absolute atomic E-state index is 12.9. The van der Waals surface area contributed by atoms with Gasteiger partial charge in [0, 0.05) is 19.4 Å². The molecule has 1 atom stereocenters. The van der Waals surface area contributed by atoms with Crippen LogP contribution in [0.25, 0.3) is 0 Å². The van der Waals surface area contributed by atoms with Crippen LogP contribution in [0.4, 0.5) is 0 Å². The summed E-state index contributed by atoms with van der Waals surface area (Å²) in [6, 6.07) is 0. The molecule has 1 unspecified atom stereocenters. The van der Waals surface area contributed by atoms with Crippen molar-refractivity contribution in [3.05, 3.63) is 48.6 Å². The molecule has 0 aliphatic rings. The lowest BCUT2D eigenvalue weighted by Crippen LogP contribution is -2.30. The van der Waals surface area contributed by atoms with Crippen LogP contribution in [0.15, 0.2) is 48.6 Å². The zero-order chi connectivity index (χ0) is 50.6. The van der Waals surface area contributed by atoms with Gasteiger partial charge in [0.1, 0.15) is 6.61 Å². The van der Waals surface area contributed by atoms with Crippen LogP contribution < -0.4 is 0 Å². The number of carbonyl (C=O) groups is 2. The summed E-state index contributed by atoms with van der Waals surface area (Å²) in [4.78, 5) is 25.6. The summed E-state index contributed by atoms with van der Waals surface area (Å²) < 4.78 is 17.5. The van der Waals surface area contributed by atoms with E-state index in [0.29, 0.717) is 19.4 Å². The average molecular weight is 982 g/mol. The Bertz CT molecular complexity index is 1150. The summed E-state index contributed by atoms with van der Waals surface area (Å²) in [7, 11) is 0. The van der Waals surface area contributed by atoms with E-state index in [4.69, 9.17) is 14.2 Å². The molecule has 0 fully saturated rings. The van der Waals surface area contributed by atoms with Gasteiger partial charge in [-0.15, -0.1) is 0 Å². The minimum Gasteiger partial charge on any atom is -0.462 e. The monoisotopic (exact) mass is 981 g/mol. The second-order valence-electron chi connectivity index (χ2n) is 21.0. The van der Waals surface area contributed by atoms with Crippen molar-refractivity contribution in [2.24, 2.45) is 0 Å². The van der Waals surface area contributed by atoms with Crippen LogP contribution >= 0.6 is 0 Å². The Morgan fingerprint density at radius 2 is 0.600 bits per heavy atom. The topological polar surface area (TPSA) is 61.8 Å². The molecule has 0 saturated heterocycles. The van der Waals surface area contributed by atoms with Crippen LogP contribution in [-0.2, 0) is 23.8 Å². The quantitative estimate of drug-likeness (QED) is 0.0345. The number of esters is 2. The summed E-state index contributed by atoms with van der Waals surface area (Å²) in [5, 5.41) is 0. The lowest BCUT2D eigenvalue weighted by Gasteiger charge is -2.18. The van der Waals surface area contributed by atoms with Gasteiger partial charge in [-0.25, -0.2) is 0 Å². The maximum Gasteiger partial charge on any atom is 0.306 e. The summed E-state index contributed by atoms with van der Waals surface area (Å²) >= 11 is 0. The Labute approximate surface area is 437 Å². The molecule has 0 aromatic carbocycles. The summed E-state index contributed by atoms with van der Waals surface area (Å²) in [6.07, 6.45) is 77.1. The van der Waals surface area contributed by atoms with Crippen LogP contribution in [0.2, 0.25) is 0 Å². The Kier molecular flexibility index (Phi) is 59.3. The van der Waals surface area contributed by atoms with Crippen LogP contribution in [-0.4, -0.2) is 37.9 Å². The third-order valence-corrected chi connectivity index (χ3v) is 13.8. The zero-order valence-electron chi connectivity index (χ0n) is 47.3. The number of allylic oxidation sites excluding steroid dienone is 8. The largest absolute Gasteiger partial charge is 0.462 e. The zero-order valence-corrected chi connectivity index (χ0v) is 47.3. The summed E-state index contributed by atoms with van der Waals surface area (Å²) in [5.41, 5.74) is 0. The number of ether oxygens (including phenoxy) is 3. The molecule has 0 aromatic rings. The van der Waals surface area contributed by atoms with Crippen molar-refractivity contribution in [1.82, 2.24) is 0 Å². The lowest BCUT2D eigenvalue weighted by molar-refractivity contribution is -0.163. The predicted octanol–water partition coefficient (Wildman–Crippen LogP) is 21.5. The highest BCUT2D eigenvalue weighted by molar-refractivity contribution is 5.70. The van der Waals surface area contributed by atoms with Crippen LogP contribution in [0.5, 0.6) is 0 Å². The molecule has 0 rings (SSSR count). The summed E-state index contributed by atoms with van der Waals surface area (Å²) in [5.74, 6) is -0.388. The Hall–Kier alpha value is -2.14. The molecule has 0 aliphatic carbocycles. The highest BCUT2D eigenvalue weighted by Crippen LogP contribution is 2.17. The molecule has 0 spiro atoms.